The number of hydrogen-bond acceptors (Lipinski definition) is 3. The van der Waals surface area contributed by atoms with Gasteiger partial charge in [0.05, 0.1) is 11.8 Å². The molecule has 100 valence electrons. The number of aliphatic carboxylic acids is 1. The van der Waals surface area contributed by atoms with Crippen LogP contribution in [0.4, 0.5) is 13.2 Å². The predicted octanol–water partition coefficient (Wildman–Crippen LogP) is 3.27. The molecule has 1 aromatic heterocycles. The van der Waals surface area contributed by atoms with Gasteiger partial charge in [0.15, 0.2) is 0 Å². The Labute approximate surface area is 109 Å². The topological polar surface area (TPSA) is 66.0 Å². The van der Waals surface area contributed by atoms with Crippen molar-refractivity contribution in [1.29, 1.82) is 0 Å². The predicted molar refractivity (Wildman–Crippen MR) is 64.7 cm³/mol. The van der Waals surface area contributed by atoms with Gasteiger partial charge in [0.25, 0.3) is 0 Å². The van der Waals surface area contributed by atoms with Crippen molar-refractivity contribution < 1.29 is 23.1 Å². The zero-order valence-electron chi connectivity index (χ0n) is 9.23. The first-order chi connectivity index (χ1) is 8.85. The van der Waals surface area contributed by atoms with Gasteiger partial charge >= 0.3 is 11.5 Å². The Morgan fingerprint density at radius 3 is 2.79 bits per heavy atom. The van der Waals surface area contributed by atoms with E-state index >= 15 is 0 Å². The molecule has 0 aliphatic rings. The van der Waals surface area contributed by atoms with Crippen molar-refractivity contribution in [1.82, 2.24) is 9.97 Å². The van der Waals surface area contributed by atoms with Crippen molar-refractivity contribution >= 4 is 34.8 Å². The largest absolute Gasteiger partial charge is 0.478 e. The highest BCUT2D eigenvalue weighted by Gasteiger charge is 2.30. The Hall–Kier alpha value is -1.96. The molecule has 4 nitrogen and oxygen atoms in total. The lowest BCUT2D eigenvalue weighted by Gasteiger charge is -2.07. The average Bonchev–Trinajstić information content (AvgIpc) is 2.72. The number of H-pyrrole nitrogens is 1. The van der Waals surface area contributed by atoms with Crippen molar-refractivity contribution in [3.8, 4) is 0 Å². The van der Waals surface area contributed by atoms with E-state index in [1.165, 1.54) is 24.5 Å². The van der Waals surface area contributed by atoms with E-state index in [0.717, 1.165) is 6.08 Å². The quantitative estimate of drug-likeness (QED) is 0.672. The summed E-state index contributed by atoms with van der Waals surface area (Å²) >= 11 is -0.281. The number of carboxylic acid groups (broad SMARTS) is 1. The zero-order chi connectivity index (χ0) is 14.0. The molecule has 19 heavy (non-hydrogen) atoms. The molecule has 0 saturated carbocycles. The van der Waals surface area contributed by atoms with Crippen LogP contribution < -0.4 is 0 Å². The lowest BCUT2D eigenvalue weighted by atomic mass is 10.2. The van der Waals surface area contributed by atoms with Crippen molar-refractivity contribution in [2.75, 3.05) is 0 Å². The van der Waals surface area contributed by atoms with Gasteiger partial charge in [-0.05, 0) is 35.5 Å². The molecule has 0 unspecified atom stereocenters. The third-order valence-electron chi connectivity index (χ3n) is 2.16. The van der Waals surface area contributed by atoms with E-state index in [1.807, 2.05) is 0 Å². The van der Waals surface area contributed by atoms with Gasteiger partial charge in [-0.25, -0.2) is 9.78 Å². The van der Waals surface area contributed by atoms with Crippen molar-refractivity contribution in [2.45, 2.75) is 10.4 Å². The van der Waals surface area contributed by atoms with Crippen LogP contribution in [0.25, 0.3) is 17.1 Å². The van der Waals surface area contributed by atoms with Gasteiger partial charge in [-0.2, -0.15) is 13.2 Å². The van der Waals surface area contributed by atoms with Crippen molar-refractivity contribution in [2.24, 2.45) is 0 Å². The minimum absolute atomic E-state index is 0.0729. The second-order valence-electron chi connectivity index (χ2n) is 3.54. The van der Waals surface area contributed by atoms with Gasteiger partial charge < -0.3 is 10.1 Å². The minimum Gasteiger partial charge on any atom is -0.478 e. The zero-order valence-corrected chi connectivity index (χ0v) is 10.0. The van der Waals surface area contributed by atoms with Crippen molar-refractivity contribution in [3.63, 3.8) is 0 Å². The molecule has 0 bridgehead atoms. The first kappa shape index (κ1) is 13.5. The van der Waals surface area contributed by atoms with E-state index in [0.29, 0.717) is 11.1 Å². The molecule has 0 radical (unpaired) electrons. The summed E-state index contributed by atoms with van der Waals surface area (Å²) in [6.07, 6.45) is 3.37. The smallest absolute Gasteiger partial charge is 0.446 e. The van der Waals surface area contributed by atoms with Crippen LogP contribution in [-0.2, 0) is 4.79 Å². The maximum atomic E-state index is 12.4. The van der Waals surface area contributed by atoms with E-state index in [1.54, 1.807) is 0 Å². The molecule has 0 saturated heterocycles. The molecule has 2 aromatic rings. The van der Waals surface area contributed by atoms with E-state index in [-0.39, 0.29) is 22.2 Å². The first-order valence-electron chi connectivity index (χ1n) is 4.99. The fourth-order valence-corrected chi connectivity index (χ4v) is 2.21. The van der Waals surface area contributed by atoms with E-state index in [2.05, 4.69) is 9.97 Å². The summed E-state index contributed by atoms with van der Waals surface area (Å²) in [5.74, 6) is -1.17. The third kappa shape index (κ3) is 3.50. The highest BCUT2D eigenvalue weighted by atomic mass is 32.2. The van der Waals surface area contributed by atoms with E-state index in [9.17, 15) is 18.0 Å². The van der Waals surface area contributed by atoms with E-state index in [4.69, 9.17) is 5.11 Å². The number of thioether (sulfide) groups is 1. The van der Waals surface area contributed by atoms with Gasteiger partial charge in [-0.15, -0.1) is 0 Å². The summed E-state index contributed by atoms with van der Waals surface area (Å²) in [7, 11) is 0. The number of rotatable bonds is 3. The number of fused-ring (bicyclic) bond motifs is 1. The molecular formula is C11H7F3N2O2S. The SMILES string of the molecule is O=C(O)/C=C/c1cc(SC(F)(F)F)c2nc[nH]c2c1. The molecule has 1 aromatic carbocycles. The lowest BCUT2D eigenvalue weighted by molar-refractivity contribution is -0.131. The van der Waals surface area contributed by atoms with E-state index < -0.39 is 11.5 Å². The minimum atomic E-state index is -4.43. The van der Waals surface area contributed by atoms with Crippen LogP contribution in [0.2, 0.25) is 0 Å². The molecule has 8 heteroatoms. The summed E-state index contributed by atoms with van der Waals surface area (Å²) in [5, 5.41) is 8.51. The number of imidazole rings is 1. The number of nitrogens with zero attached hydrogens (tertiary/aromatic N) is 1. The molecule has 0 aliphatic carbocycles. The average molecular weight is 288 g/mol. The highest BCUT2D eigenvalue weighted by Crippen LogP contribution is 2.40. The van der Waals surface area contributed by atoms with Crippen LogP contribution in [0.5, 0.6) is 0 Å². The van der Waals surface area contributed by atoms with Gasteiger partial charge in [-0.1, -0.05) is 0 Å². The maximum Gasteiger partial charge on any atom is 0.446 e. The van der Waals surface area contributed by atoms with Gasteiger partial charge in [0.2, 0.25) is 0 Å². The molecule has 0 aliphatic heterocycles. The van der Waals surface area contributed by atoms with Crippen LogP contribution in [0, 0.1) is 0 Å². The molecule has 2 N–H and O–H groups in total. The summed E-state index contributed by atoms with van der Waals surface area (Å²) < 4.78 is 37.3. The monoisotopic (exact) mass is 288 g/mol. The number of benzene rings is 1. The second-order valence-corrected chi connectivity index (χ2v) is 4.64. The van der Waals surface area contributed by atoms with Gasteiger partial charge in [0.1, 0.15) is 5.52 Å². The molecule has 0 amide bonds. The van der Waals surface area contributed by atoms with Gasteiger partial charge in [0, 0.05) is 11.0 Å². The van der Waals surface area contributed by atoms with Crippen LogP contribution in [0.3, 0.4) is 0 Å². The summed E-state index contributed by atoms with van der Waals surface area (Å²) in [4.78, 5) is 16.9. The Balaban J connectivity index is 2.48. The summed E-state index contributed by atoms with van der Waals surface area (Å²) in [6, 6.07) is 2.78. The number of halogens is 3. The molecule has 2 rings (SSSR count). The summed E-state index contributed by atoms with van der Waals surface area (Å²) in [5.41, 5.74) is -3.46. The fourth-order valence-electron chi connectivity index (χ4n) is 1.50. The molecule has 1 heterocycles. The van der Waals surface area contributed by atoms with Crippen LogP contribution in [-0.4, -0.2) is 26.6 Å². The Kier molecular flexibility index (Phi) is 3.52. The number of nitrogens with one attached hydrogen (secondary N) is 1. The first-order valence-corrected chi connectivity index (χ1v) is 5.81. The second kappa shape index (κ2) is 4.96. The molecule has 0 spiro atoms. The number of aromatic amines is 1. The Bertz CT molecular complexity index is 649. The number of aromatic nitrogens is 2. The van der Waals surface area contributed by atoms with Crippen LogP contribution in [0.15, 0.2) is 29.4 Å². The maximum absolute atomic E-state index is 12.4. The van der Waals surface area contributed by atoms with Crippen LogP contribution in [0.1, 0.15) is 5.56 Å². The Morgan fingerprint density at radius 1 is 1.42 bits per heavy atom. The number of carbonyl (C=O) groups is 1. The number of hydrogen-bond donors (Lipinski definition) is 2. The fraction of sp³-hybridized carbons (Fsp3) is 0.0909. The lowest BCUT2D eigenvalue weighted by Crippen LogP contribution is -1.99. The molecule has 0 atom stereocenters. The number of carboxylic acids is 1. The van der Waals surface area contributed by atoms with Crippen LogP contribution >= 0.6 is 11.8 Å². The number of alkyl halides is 3. The molecular weight excluding hydrogens is 281 g/mol. The standard InChI is InChI=1S/C11H7F3N2O2S/c12-11(13,14)19-8-4-6(1-2-9(17)18)3-7-10(8)16-5-15-7/h1-5H,(H,15,16)(H,17,18)/b2-1+. The highest BCUT2D eigenvalue weighted by molar-refractivity contribution is 8.00. The normalized spacial score (nSPS) is 12.4. The third-order valence-corrected chi connectivity index (χ3v) is 2.92. The van der Waals surface area contributed by atoms with Crippen molar-refractivity contribution in [3.05, 3.63) is 30.1 Å². The molecule has 0 fully saturated rings. The van der Waals surface area contributed by atoms with Gasteiger partial charge in [-0.3, -0.25) is 0 Å². The Morgan fingerprint density at radius 2 is 2.16 bits per heavy atom. The summed E-state index contributed by atoms with van der Waals surface area (Å²) in [6.45, 7) is 0.